The summed E-state index contributed by atoms with van der Waals surface area (Å²) in [6.45, 7) is 6.50. The zero-order chi connectivity index (χ0) is 19.8. The Labute approximate surface area is 164 Å². The molecule has 5 N–H and O–H groups in total. The number of hydrogen-bond donors (Lipinski definition) is 3. The van der Waals surface area contributed by atoms with Gasteiger partial charge in [-0.2, -0.15) is 0 Å². The molecular formula is C19H29N5O2S. The van der Waals surface area contributed by atoms with Crippen molar-refractivity contribution in [1.82, 2.24) is 15.4 Å². The number of rotatable bonds is 9. The molecular weight excluding hydrogens is 362 g/mol. The summed E-state index contributed by atoms with van der Waals surface area (Å²) in [7, 11) is 0. The number of carbonyl (C=O) groups is 1. The van der Waals surface area contributed by atoms with Gasteiger partial charge in [0.2, 0.25) is 0 Å². The maximum absolute atomic E-state index is 11.9. The Kier molecular flexibility index (Phi) is 8.02. The predicted octanol–water partition coefficient (Wildman–Crippen LogP) is 3.59. The lowest BCUT2D eigenvalue weighted by Crippen LogP contribution is -2.47. The first-order valence-corrected chi connectivity index (χ1v) is 10.0. The molecule has 2 amide bonds. The zero-order valence-corrected chi connectivity index (χ0v) is 17.0. The highest BCUT2D eigenvalue weighted by Gasteiger charge is 2.26. The number of carbonyl (C=O) groups excluding carboxylic acids is 1. The first kappa shape index (κ1) is 21.1. The van der Waals surface area contributed by atoms with Gasteiger partial charge in [-0.1, -0.05) is 43.4 Å². The molecule has 1 aromatic rings. The average molecular weight is 392 g/mol. The van der Waals surface area contributed by atoms with Crippen LogP contribution in [0.1, 0.15) is 51.6 Å². The van der Waals surface area contributed by atoms with Crippen LogP contribution in [-0.2, 0) is 0 Å². The fourth-order valence-electron chi connectivity index (χ4n) is 2.64. The maximum Gasteiger partial charge on any atom is 0.350 e. The minimum Gasteiger partial charge on any atom is -0.470 e. The average Bonchev–Trinajstić information content (AvgIpc) is 3.40. The first-order chi connectivity index (χ1) is 13.0. The number of ether oxygens (including phenoxy) is 1. The maximum atomic E-state index is 11.9. The normalized spacial score (nSPS) is 15.5. The van der Waals surface area contributed by atoms with Crippen molar-refractivity contribution >= 4 is 17.4 Å². The lowest BCUT2D eigenvalue weighted by molar-refractivity contribution is 0.212. The van der Waals surface area contributed by atoms with Gasteiger partial charge in [-0.3, -0.25) is 5.43 Å². The van der Waals surface area contributed by atoms with Crippen molar-refractivity contribution in [2.45, 2.75) is 46.0 Å². The molecule has 7 nitrogen and oxygen atoms in total. The molecule has 1 heterocycles. The number of hydrogen-bond acceptors (Lipinski definition) is 6. The number of urea groups is 1. The van der Waals surface area contributed by atoms with Gasteiger partial charge in [-0.15, -0.1) is 0 Å². The van der Waals surface area contributed by atoms with E-state index in [4.69, 9.17) is 16.4 Å². The summed E-state index contributed by atoms with van der Waals surface area (Å²) in [5, 5.41) is 3.80. The van der Waals surface area contributed by atoms with Gasteiger partial charge in [0.1, 0.15) is 0 Å². The molecule has 1 aliphatic rings. The second-order valence-corrected chi connectivity index (χ2v) is 7.50. The van der Waals surface area contributed by atoms with Crippen molar-refractivity contribution < 1.29 is 9.53 Å². The van der Waals surface area contributed by atoms with Crippen molar-refractivity contribution in [3.05, 3.63) is 46.6 Å². The van der Waals surface area contributed by atoms with Crippen LogP contribution in [0.5, 0.6) is 5.19 Å². The van der Waals surface area contributed by atoms with Gasteiger partial charge >= 0.3 is 6.03 Å². The molecule has 0 atom stereocenters. The minimum absolute atomic E-state index is 0.175. The van der Waals surface area contributed by atoms with E-state index in [9.17, 15) is 4.79 Å². The zero-order valence-electron chi connectivity index (χ0n) is 16.1. The number of nitrogens with two attached hydrogens (primary N) is 2. The van der Waals surface area contributed by atoms with Crippen molar-refractivity contribution in [2.24, 2.45) is 17.6 Å². The number of aromatic nitrogens is 1. The van der Waals surface area contributed by atoms with Crippen LogP contribution in [0.15, 0.2) is 41.0 Å². The quantitative estimate of drug-likeness (QED) is 0.258. The van der Waals surface area contributed by atoms with E-state index in [2.05, 4.69) is 29.6 Å². The molecule has 1 aromatic heterocycles. The smallest absolute Gasteiger partial charge is 0.350 e. The molecule has 0 radical (unpaired) electrons. The Balaban J connectivity index is 2.12. The fourth-order valence-corrected chi connectivity index (χ4v) is 3.42. The van der Waals surface area contributed by atoms with Crippen LogP contribution in [0.3, 0.4) is 0 Å². The third-order valence-corrected chi connectivity index (χ3v) is 5.05. The van der Waals surface area contributed by atoms with E-state index in [1.807, 2.05) is 25.2 Å². The highest BCUT2D eigenvalue weighted by Crippen LogP contribution is 2.41. The Morgan fingerprint density at radius 2 is 2.22 bits per heavy atom. The van der Waals surface area contributed by atoms with Gasteiger partial charge in [0, 0.05) is 17.7 Å². The van der Waals surface area contributed by atoms with Crippen LogP contribution in [0, 0.1) is 5.92 Å². The Hall–Kier alpha value is -2.16. The standard InChI is InChI=1S/C19H29N5O2S/c1-4-5-6-7-17(24(21)18(25)23-20)15(13(2)3)10-11-26-19-22-16(12-27-19)14-8-9-14/h4-7,12-14H,8-11,20-21H2,1-3H3,(H,23,25)/b5-4+,7-6-,17-15+. The van der Waals surface area contributed by atoms with Gasteiger partial charge < -0.3 is 4.74 Å². The predicted molar refractivity (Wildman–Crippen MR) is 109 cm³/mol. The number of allylic oxidation sites excluding steroid dienone is 4. The molecule has 0 unspecified atom stereocenters. The summed E-state index contributed by atoms with van der Waals surface area (Å²) in [5.74, 6) is 12.0. The summed E-state index contributed by atoms with van der Waals surface area (Å²) >= 11 is 1.53. The molecule has 0 spiro atoms. The minimum atomic E-state index is -0.580. The molecule has 27 heavy (non-hydrogen) atoms. The molecule has 0 bridgehead atoms. The largest absolute Gasteiger partial charge is 0.470 e. The van der Waals surface area contributed by atoms with E-state index in [1.165, 1.54) is 24.2 Å². The van der Waals surface area contributed by atoms with Crippen LogP contribution in [0.25, 0.3) is 0 Å². The second kappa shape index (κ2) is 10.2. The molecule has 0 saturated heterocycles. The molecule has 8 heteroatoms. The molecule has 148 valence electrons. The number of thiazole rings is 1. The van der Waals surface area contributed by atoms with E-state index >= 15 is 0 Å². The third kappa shape index (κ3) is 6.20. The monoisotopic (exact) mass is 391 g/mol. The number of amides is 2. The highest BCUT2D eigenvalue weighted by atomic mass is 32.1. The molecule has 1 fully saturated rings. The van der Waals surface area contributed by atoms with Crippen molar-refractivity contribution in [3.63, 3.8) is 0 Å². The lowest BCUT2D eigenvalue weighted by atomic mass is 9.97. The summed E-state index contributed by atoms with van der Waals surface area (Å²) in [6.07, 6.45) is 10.5. The SMILES string of the molecule is C/C=C/C=C\C(=C(\CCOc1nc(C2CC2)cs1)C(C)C)N(N)C(=O)NN. The molecule has 0 aromatic carbocycles. The van der Waals surface area contributed by atoms with E-state index in [0.717, 1.165) is 16.3 Å². The lowest BCUT2D eigenvalue weighted by Gasteiger charge is -2.23. The van der Waals surface area contributed by atoms with Crippen LogP contribution in [-0.4, -0.2) is 22.6 Å². The highest BCUT2D eigenvalue weighted by molar-refractivity contribution is 7.11. The fraction of sp³-hybridized carbons (Fsp3) is 0.474. The topological polar surface area (TPSA) is 106 Å². The molecule has 0 aliphatic heterocycles. The van der Waals surface area contributed by atoms with Crippen LogP contribution < -0.4 is 21.8 Å². The van der Waals surface area contributed by atoms with E-state index < -0.39 is 6.03 Å². The van der Waals surface area contributed by atoms with Gasteiger partial charge in [-0.25, -0.2) is 26.5 Å². The van der Waals surface area contributed by atoms with Crippen LogP contribution in [0.2, 0.25) is 0 Å². The van der Waals surface area contributed by atoms with Crippen molar-refractivity contribution in [3.8, 4) is 5.19 Å². The second-order valence-electron chi connectivity index (χ2n) is 6.68. The van der Waals surface area contributed by atoms with Gasteiger partial charge in [0.15, 0.2) is 0 Å². The Morgan fingerprint density at radius 1 is 1.48 bits per heavy atom. The van der Waals surface area contributed by atoms with Gasteiger partial charge in [-0.05, 0) is 37.3 Å². The molecule has 1 aliphatic carbocycles. The summed E-state index contributed by atoms with van der Waals surface area (Å²) < 4.78 is 5.84. The van der Waals surface area contributed by atoms with Crippen LogP contribution >= 0.6 is 11.3 Å². The van der Waals surface area contributed by atoms with E-state index in [1.54, 1.807) is 6.08 Å². The van der Waals surface area contributed by atoms with Gasteiger partial charge in [0.25, 0.3) is 5.19 Å². The molecule has 1 saturated carbocycles. The summed E-state index contributed by atoms with van der Waals surface area (Å²) in [5.41, 5.74) is 4.81. The third-order valence-electron chi connectivity index (χ3n) is 4.28. The van der Waals surface area contributed by atoms with Crippen LogP contribution in [0.4, 0.5) is 4.79 Å². The Bertz CT molecular complexity index is 719. The number of hydrazine groups is 2. The molecule has 2 rings (SSSR count). The van der Waals surface area contributed by atoms with E-state index in [-0.39, 0.29) is 5.92 Å². The van der Waals surface area contributed by atoms with Crippen molar-refractivity contribution in [2.75, 3.05) is 6.61 Å². The van der Waals surface area contributed by atoms with E-state index in [0.29, 0.717) is 29.8 Å². The van der Waals surface area contributed by atoms with Gasteiger partial charge in [0.05, 0.1) is 18.0 Å². The first-order valence-electron chi connectivity index (χ1n) is 9.13. The summed E-state index contributed by atoms with van der Waals surface area (Å²) in [4.78, 5) is 16.5. The number of nitrogens with zero attached hydrogens (tertiary/aromatic N) is 2. The number of nitrogens with one attached hydrogen (secondary N) is 1. The van der Waals surface area contributed by atoms with Crippen molar-refractivity contribution in [1.29, 1.82) is 0 Å². The summed E-state index contributed by atoms with van der Waals surface area (Å²) in [6, 6.07) is -0.580. The Morgan fingerprint density at radius 3 is 2.81 bits per heavy atom.